The number of nitrogens with one attached hydrogen (secondary N) is 2. The Hall–Kier alpha value is -2.86. The number of rotatable bonds is 5. The van der Waals surface area contributed by atoms with Crippen LogP contribution in [-0.4, -0.2) is 24.3 Å². The van der Waals surface area contributed by atoms with Crippen LogP contribution < -0.4 is 15.5 Å². The van der Waals surface area contributed by atoms with Crippen molar-refractivity contribution in [2.45, 2.75) is 19.3 Å². The van der Waals surface area contributed by atoms with E-state index in [1.54, 1.807) is 53.4 Å². The molecular formula is C21H20ClN3O3. The largest absolute Gasteiger partial charge is 0.326 e. The van der Waals surface area contributed by atoms with Gasteiger partial charge in [0.05, 0.1) is 5.92 Å². The first-order valence-corrected chi connectivity index (χ1v) is 9.65. The van der Waals surface area contributed by atoms with Crippen LogP contribution in [0.4, 0.5) is 17.1 Å². The first-order valence-electron chi connectivity index (χ1n) is 9.27. The van der Waals surface area contributed by atoms with E-state index < -0.39 is 5.92 Å². The van der Waals surface area contributed by atoms with Crippen molar-refractivity contribution < 1.29 is 14.4 Å². The molecule has 3 amide bonds. The predicted molar refractivity (Wildman–Crippen MR) is 108 cm³/mol. The highest BCUT2D eigenvalue weighted by atomic mass is 35.5. The number of nitrogens with zero attached hydrogens (tertiary/aromatic N) is 1. The van der Waals surface area contributed by atoms with Crippen molar-refractivity contribution in [2.24, 2.45) is 11.8 Å². The standard InChI is InChI=1S/C21H20ClN3O3/c22-15-2-1-3-18(11-15)25-12-14(10-19(25)26)21(28)24-17-8-6-16(7-9-17)23-20(27)13-4-5-13/h1-3,6-9,11,13-14H,4-5,10,12H2,(H,23,27)(H,24,28). The van der Waals surface area contributed by atoms with Crippen molar-refractivity contribution >= 4 is 46.4 Å². The van der Waals surface area contributed by atoms with E-state index in [1.165, 1.54) is 0 Å². The fraction of sp³-hybridized carbons (Fsp3) is 0.286. The molecule has 0 aromatic heterocycles. The maximum atomic E-state index is 12.6. The molecule has 0 radical (unpaired) electrons. The Kier molecular flexibility index (Phi) is 5.05. The number of hydrogen-bond acceptors (Lipinski definition) is 3. The number of carbonyl (C=O) groups excluding carboxylic acids is 3. The average Bonchev–Trinajstić information content (AvgIpc) is 3.45. The molecule has 1 saturated heterocycles. The second-order valence-corrected chi connectivity index (χ2v) is 7.65. The Bertz CT molecular complexity index is 925. The topological polar surface area (TPSA) is 78.5 Å². The van der Waals surface area contributed by atoms with Crippen LogP contribution in [-0.2, 0) is 14.4 Å². The fourth-order valence-corrected chi connectivity index (χ4v) is 3.43. The molecule has 4 rings (SSSR count). The van der Waals surface area contributed by atoms with E-state index in [9.17, 15) is 14.4 Å². The molecule has 0 bridgehead atoms. The molecule has 28 heavy (non-hydrogen) atoms. The highest BCUT2D eigenvalue weighted by molar-refractivity contribution is 6.31. The average molecular weight is 398 g/mol. The number of hydrogen-bond donors (Lipinski definition) is 2. The Labute approximate surface area is 167 Å². The highest BCUT2D eigenvalue weighted by Gasteiger charge is 2.35. The molecule has 2 aromatic rings. The monoisotopic (exact) mass is 397 g/mol. The zero-order valence-electron chi connectivity index (χ0n) is 15.2. The van der Waals surface area contributed by atoms with Crippen LogP contribution in [0.5, 0.6) is 0 Å². The van der Waals surface area contributed by atoms with Crippen molar-refractivity contribution in [1.29, 1.82) is 0 Å². The van der Waals surface area contributed by atoms with E-state index in [4.69, 9.17) is 11.6 Å². The molecule has 1 saturated carbocycles. The summed E-state index contributed by atoms with van der Waals surface area (Å²) in [5.41, 5.74) is 2.03. The van der Waals surface area contributed by atoms with E-state index in [0.29, 0.717) is 28.6 Å². The maximum Gasteiger partial charge on any atom is 0.229 e. The van der Waals surface area contributed by atoms with Gasteiger partial charge in [0, 0.05) is 41.0 Å². The lowest BCUT2D eigenvalue weighted by atomic mass is 10.1. The summed E-state index contributed by atoms with van der Waals surface area (Å²) in [6.07, 6.45) is 2.06. The second kappa shape index (κ2) is 7.64. The van der Waals surface area contributed by atoms with Gasteiger partial charge in [0.25, 0.3) is 0 Å². The summed E-state index contributed by atoms with van der Waals surface area (Å²) >= 11 is 6.00. The lowest BCUT2D eigenvalue weighted by Gasteiger charge is -2.17. The number of amides is 3. The quantitative estimate of drug-likeness (QED) is 0.807. The van der Waals surface area contributed by atoms with E-state index >= 15 is 0 Å². The molecule has 1 heterocycles. The lowest BCUT2D eigenvalue weighted by Crippen LogP contribution is -2.28. The Morgan fingerprint density at radius 3 is 2.11 bits per heavy atom. The summed E-state index contributed by atoms with van der Waals surface area (Å²) in [5, 5.41) is 6.26. The van der Waals surface area contributed by atoms with Crippen molar-refractivity contribution in [3.63, 3.8) is 0 Å². The van der Waals surface area contributed by atoms with Crippen LogP contribution in [0.2, 0.25) is 5.02 Å². The van der Waals surface area contributed by atoms with E-state index in [2.05, 4.69) is 10.6 Å². The molecular weight excluding hydrogens is 378 g/mol. The van der Waals surface area contributed by atoms with Crippen LogP contribution in [0.25, 0.3) is 0 Å². The van der Waals surface area contributed by atoms with Gasteiger partial charge in [0.2, 0.25) is 17.7 Å². The minimum Gasteiger partial charge on any atom is -0.326 e. The molecule has 1 aliphatic carbocycles. The highest BCUT2D eigenvalue weighted by Crippen LogP contribution is 2.30. The summed E-state index contributed by atoms with van der Waals surface area (Å²) in [6, 6.07) is 14.0. The molecule has 2 aromatic carbocycles. The summed E-state index contributed by atoms with van der Waals surface area (Å²) < 4.78 is 0. The van der Waals surface area contributed by atoms with Gasteiger partial charge in [-0.25, -0.2) is 0 Å². The van der Waals surface area contributed by atoms with Crippen LogP contribution in [0.1, 0.15) is 19.3 Å². The molecule has 6 nitrogen and oxygen atoms in total. The van der Waals surface area contributed by atoms with Crippen molar-refractivity contribution in [2.75, 3.05) is 22.1 Å². The Morgan fingerprint density at radius 2 is 1.54 bits per heavy atom. The number of carbonyl (C=O) groups is 3. The van der Waals surface area contributed by atoms with Gasteiger partial charge in [-0.3, -0.25) is 14.4 Å². The SMILES string of the molecule is O=C(Nc1ccc(NC(=O)C2CC(=O)N(c3cccc(Cl)c3)C2)cc1)C1CC1. The summed E-state index contributed by atoms with van der Waals surface area (Å²) in [4.78, 5) is 38.3. The van der Waals surface area contributed by atoms with Crippen LogP contribution in [0.15, 0.2) is 48.5 Å². The first-order chi connectivity index (χ1) is 13.5. The molecule has 2 fully saturated rings. The Balaban J connectivity index is 1.36. The van der Waals surface area contributed by atoms with Gasteiger partial charge in [-0.2, -0.15) is 0 Å². The van der Waals surface area contributed by atoms with Crippen LogP contribution in [0, 0.1) is 11.8 Å². The van der Waals surface area contributed by atoms with Gasteiger partial charge in [0.15, 0.2) is 0 Å². The maximum absolute atomic E-state index is 12.6. The minimum absolute atomic E-state index is 0.0439. The lowest BCUT2D eigenvalue weighted by molar-refractivity contribution is -0.122. The number of benzene rings is 2. The van der Waals surface area contributed by atoms with Gasteiger partial charge in [-0.1, -0.05) is 17.7 Å². The predicted octanol–water partition coefficient (Wildman–Crippen LogP) is 3.68. The molecule has 144 valence electrons. The van der Waals surface area contributed by atoms with Gasteiger partial charge in [0.1, 0.15) is 0 Å². The van der Waals surface area contributed by atoms with Gasteiger partial charge >= 0.3 is 0 Å². The molecule has 1 atom stereocenters. The number of anilines is 3. The van der Waals surface area contributed by atoms with Gasteiger partial charge < -0.3 is 15.5 Å². The van der Waals surface area contributed by atoms with Gasteiger partial charge in [-0.15, -0.1) is 0 Å². The fourth-order valence-electron chi connectivity index (χ4n) is 3.25. The smallest absolute Gasteiger partial charge is 0.229 e. The van der Waals surface area contributed by atoms with E-state index in [-0.39, 0.29) is 30.1 Å². The second-order valence-electron chi connectivity index (χ2n) is 7.22. The van der Waals surface area contributed by atoms with Crippen molar-refractivity contribution in [1.82, 2.24) is 0 Å². The van der Waals surface area contributed by atoms with E-state index in [0.717, 1.165) is 12.8 Å². The number of halogens is 1. The van der Waals surface area contributed by atoms with Crippen LogP contribution >= 0.6 is 11.6 Å². The Morgan fingerprint density at radius 1 is 0.929 bits per heavy atom. The third-order valence-corrected chi connectivity index (χ3v) is 5.22. The first kappa shape index (κ1) is 18.5. The normalized spacial score (nSPS) is 18.8. The third-order valence-electron chi connectivity index (χ3n) is 4.98. The van der Waals surface area contributed by atoms with E-state index in [1.807, 2.05) is 0 Å². The molecule has 0 spiro atoms. The van der Waals surface area contributed by atoms with Crippen LogP contribution in [0.3, 0.4) is 0 Å². The van der Waals surface area contributed by atoms with Crippen molar-refractivity contribution in [3.8, 4) is 0 Å². The summed E-state index contributed by atoms with van der Waals surface area (Å²) in [7, 11) is 0. The molecule has 2 aliphatic rings. The molecule has 7 heteroatoms. The summed E-state index contributed by atoms with van der Waals surface area (Å²) in [6.45, 7) is 0.320. The summed E-state index contributed by atoms with van der Waals surface area (Å²) in [5.74, 6) is -0.544. The zero-order valence-corrected chi connectivity index (χ0v) is 15.9. The van der Waals surface area contributed by atoms with Gasteiger partial charge in [-0.05, 0) is 55.3 Å². The van der Waals surface area contributed by atoms with Crippen molar-refractivity contribution in [3.05, 3.63) is 53.6 Å². The minimum atomic E-state index is -0.430. The third kappa shape index (κ3) is 4.17. The molecule has 2 N–H and O–H groups in total. The molecule has 1 aliphatic heterocycles. The molecule has 1 unspecified atom stereocenters. The zero-order chi connectivity index (χ0) is 19.7.